The van der Waals surface area contributed by atoms with Crippen LogP contribution in [0, 0.1) is 0 Å². The minimum atomic E-state index is 0.634. The maximum Gasteiger partial charge on any atom is 0.119 e. The Morgan fingerprint density at radius 2 is 2.00 bits per heavy atom. The van der Waals surface area contributed by atoms with E-state index in [1.54, 1.807) is 0 Å². The summed E-state index contributed by atoms with van der Waals surface area (Å²) in [5.74, 6) is 0.910. The summed E-state index contributed by atoms with van der Waals surface area (Å²) in [5, 5.41) is 0. The number of hydrogen-bond donors (Lipinski definition) is 1. The van der Waals surface area contributed by atoms with Crippen molar-refractivity contribution in [1.82, 2.24) is 9.80 Å². The van der Waals surface area contributed by atoms with Crippen molar-refractivity contribution in [3.05, 3.63) is 24.3 Å². The number of ether oxygens (including phenoxy) is 1. The molecule has 21 heavy (non-hydrogen) atoms. The maximum atomic E-state index is 5.84. The summed E-state index contributed by atoms with van der Waals surface area (Å²) in [7, 11) is 0. The second-order valence-corrected chi connectivity index (χ2v) is 6.41. The summed E-state index contributed by atoms with van der Waals surface area (Å²) in [6.07, 6.45) is 4.14. The lowest BCUT2D eigenvalue weighted by Gasteiger charge is -2.47. The highest BCUT2D eigenvalue weighted by Gasteiger charge is 2.32. The van der Waals surface area contributed by atoms with Crippen LogP contribution < -0.4 is 10.5 Å². The number of piperazine rings is 1. The van der Waals surface area contributed by atoms with Gasteiger partial charge in [-0.3, -0.25) is 9.80 Å². The Morgan fingerprint density at radius 3 is 2.81 bits per heavy atom. The Bertz CT molecular complexity index is 448. The van der Waals surface area contributed by atoms with Crippen molar-refractivity contribution in [3.63, 3.8) is 0 Å². The van der Waals surface area contributed by atoms with Gasteiger partial charge in [0.1, 0.15) is 12.4 Å². The summed E-state index contributed by atoms with van der Waals surface area (Å²) in [4.78, 5) is 5.27. The van der Waals surface area contributed by atoms with Crippen LogP contribution in [0.1, 0.15) is 26.2 Å². The number of fused-ring (bicyclic) bond motifs is 1. The molecular formula is C17H27N3O. The van der Waals surface area contributed by atoms with E-state index in [1.165, 1.54) is 38.9 Å². The molecule has 2 N–H and O–H groups in total. The first-order valence-electron chi connectivity index (χ1n) is 8.19. The number of benzene rings is 1. The molecular weight excluding hydrogens is 262 g/mol. The van der Waals surface area contributed by atoms with E-state index in [-0.39, 0.29) is 0 Å². The zero-order valence-electron chi connectivity index (χ0n) is 13.0. The van der Waals surface area contributed by atoms with Gasteiger partial charge < -0.3 is 10.5 Å². The Morgan fingerprint density at radius 1 is 1.19 bits per heavy atom. The fraction of sp³-hybridized carbons (Fsp3) is 0.647. The minimum absolute atomic E-state index is 0.634. The molecule has 0 radical (unpaired) electrons. The van der Waals surface area contributed by atoms with Crippen LogP contribution in [0.4, 0.5) is 5.69 Å². The highest BCUT2D eigenvalue weighted by Crippen LogP contribution is 2.23. The van der Waals surface area contributed by atoms with Crippen molar-refractivity contribution in [2.24, 2.45) is 0 Å². The fourth-order valence-corrected chi connectivity index (χ4v) is 3.57. The predicted octanol–water partition coefficient (Wildman–Crippen LogP) is 2.21. The third kappa shape index (κ3) is 3.69. The smallest absolute Gasteiger partial charge is 0.119 e. The van der Waals surface area contributed by atoms with Crippen molar-refractivity contribution in [3.8, 4) is 5.75 Å². The summed E-state index contributed by atoms with van der Waals surface area (Å²) in [5.41, 5.74) is 6.47. The molecule has 2 saturated heterocycles. The van der Waals surface area contributed by atoms with Crippen molar-refractivity contribution < 1.29 is 4.74 Å². The van der Waals surface area contributed by atoms with Crippen molar-refractivity contribution >= 4 is 5.69 Å². The number of rotatable bonds is 4. The molecule has 0 amide bonds. The third-order valence-corrected chi connectivity index (χ3v) is 4.84. The summed E-state index contributed by atoms with van der Waals surface area (Å²) >= 11 is 0. The quantitative estimate of drug-likeness (QED) is 0.863. The maximum absolute atomic E-state index is 5.84. The van der Waals surface area contributed by atoms with Gasteiger partial charge in [0.2, 0.25) is 0 Å². The van der Waals surface area contributed by atoms with E-state index in [9.17, 15) is 0 Å². The van der Waals surface area contributed by atoms with Crippen LogP contribution in [-0.2, 0) is 0 Å². The van der Waals surface area contributed by atoms with Gasteiger partial charge in [-0.25, -0.2) is 0 Å². The van der Waals surface area contributed by atoms with Gasteiger partial charge in [0.05, 0.1) is 0 Å². The molecule has 2 unspecified atom stereocenters. The zero-order chi connectivity index (χ0) is 14.7. The van der Waals surface area contributed by atoms with Gasteiger partial charge >= 0.3 is 0 Å². The first-order chi connectivity index (χ1) is 10.2. The standard InChI is InChI=1S/C17H27N3O/c1-14-12-20-9-3-2-4-16(20)13-19(14)10-11-21-17-7-5-15(18)6-8-17/h5-8,14,16H,2-4,9-13,18H2,1H3. The molecule has 116 valence electrons. The second-order valence-electron chi connectivity index (χ2n) is 6.41. The van der Waals surface area contributed by atoms with Gasteiger partial charge in [0.15, 0.2) is 0 Å². The molecule has 2 fully saturated rings. The highest BCUT2D eigenvalue weighted by atomic mass is 16.5. The molecule has 0 bridgehead atoms. The van der Waals surface area contributed by atoms with Gasteiger partial charge in [0, 0.05) is 37.4 Å². The summed E-state index contributed by atoms with van der Waals surface area (Å²) in [6, 6.07) is 9.06. The van der Waals surface area contributed by atoms with Crippen LogP contribution in [0.3, 0.4) is 0 Å². The molecule has 0 aliphatic carbocycles. The summed E-state index contributed by atoms with van der Waals surface area (Å²) < 4.78 is 5.84. The van der Waals surface area contributed by atoms with Gasteiger partial charge in [-0.2, -0.15) is 0 Å². The van der Waals surface area contributed by atoms with Gasteiger partial charge in [-0.15, -0.1) is 0 Å². The van der Waals surface area contributed by atoms with Crippen LogP contribution in [0.5, 0.6) is 5.75 Å². The lowest BCUT2D eigenvalue weighted by atomic mass is 9.97. The Hall–Kier alpha value is -1.26. The zero-order valence-corrected chi connectivity index (χ0v) is 13.0. The number of nitrogens with zero attached hydrogens (tertiary/aromatic N) is 2. The van der Waals surface area contributed by atoms with E-state index in [1.807, 2.05) is 24.3 Å². The van der Waals surface area contributed by atoms with E-state index in [4.69, 9.17) is 10.5 Å². The molecule has 0 aromatic heterocycles. The molecule has 1 aromatic rings. The SMILES string of the molecule is CC1CN2CCCCC2CN1CCOc1ccc(N)cc1. The van der Waals surface area contributed by atoms with Gasteiger partial charge in [0.25, 0.3) is 0 Å². The number of nitrogens with two attached hydrogens (primary N) is 1. The number of anilines is 1. The highest BCUT2D eigenvalue weighted by molar-refractivity contribution is 5.41. The normalized spacial score (nSPS) is 27.3. The van der Waals surface area contributed by atoms with Crippen LogP contribution >= 0.6 is 0 Å². The monoisotopic (exact) mass is 289 g/mol. The minimum Gasteiger partial charge on any atom is -0.492 e. The molecule has 2 aliphatic rings. The third-order valence-electron chi connectivity index (χ3n) is 4.84. The van der Waals surface area contributed by atoms with Gasteiger partial charge in [-0.05, 0) is 50.6 Å². The second kappa shape index (κ2) is 6.67. The van der Waals surface area contributed by atoms with E-state index < -0.39 is 0 Å². The van der Waals surface area contributed by atoms with Crippen LogP contribution in [0.15, 0.2) is 24.3 Å². The first kappa shape index (κ1) is 14.7. The number of nitrogen functional groups attached to an aromatic ring is 1. The van der Waals surface area contributed by atoms with Crippen molar-refractivity contribution in [2.45, 2.75) is 38.3 Å². The lowest BCUT2D eigenvalue weighted by Crippen LogP contribution is -2.59. The average molecular weight is 289 g/mol. The van der Waals surface area contributed by atoms with E-state index in [0.717, 1.165) is 30.6 Å². The largest absolute Gasteiger partial charge is 0.492 e. The Kier molecular flexibility index (Phi) is 4.66. The molecule has 2 aliphatic heterocycles. The van der Waals surface area contributed by atoms with Crippen LogP contribution in [-0.4, -0.2) is 54.7 Å². The van der Waals surface area contributed by atoms with E-state index in [2.05, 4.69) is 16.7 Å². The number of hydrogen-bond acceptors (Lipinski definition) is 4. The molecule has 1 aromatic carbocycles. The predicted molar refractivity (Wildman–Crippen MR) is 86.6 cm³/mol. The summed E-state index contributed by atoms with van der Waals surface area (Å²) in [6.45, 7) is 7.81. The molecule has 2 atom stereocenters. The van der Waals surface area contributed by atoms with Gasteiger partial charge in [-0.1, -0.05) is 6.42 Å². The lowest BCUT2D eigenvalue weighted by molar-refractivity contribution is 0.00974. The molecule has 4 heteroatoms. The van der Waals surface area contributed by atoms with E-state index >= 15 is 0 Å². The van der Waals surface area contributed by atoms with Crippen molar-refractivity contribution in [1.29, 1.82) is 0 Å². The number of piperidine rings is 1. The first-order valence-corrected chi connectivity index (χ1v) is 8.19. The van der Waals surface area contributed by atoms with Crippen LogP contribution in [0.2, 0.25) is 0 Å². The molecule has 3 rings (SSSR count). The molecule has 0 spiro atoms. The Labute approximate surface area is 127 Å². The fourth-order valence-electron chi connectivity index (χ4n) is 3.57. The average Bonchev–Trinajstić information content (AvgIpc) is 2.50. The Balaban J connectivity index is 1.47. The van der Waals surface area contributed by atoms with E-state index in [0.29, 0.717) is 6.04 Å². The molecule has 2 heterocycles. The topological polar surface area (TPSA) is 41.7 Å². The van der Waals surface area contributed by atoms with Crippen LogP contribution in [0.25, 0.3) is 0 Å². The van der Waals surface area contributed by atoms with Crippen molar-refractivity contribution in [2.75, 3.05) is 38.5 Å². The molecule has 0 saturated carbocycles. The molecule has 4 nitrogen and oxygen atoms in total.